The Balaban J connectivity index is 1.48. The molecular weight excluding hydrogens is 666 g/mol. The lowest BCUT2D eigenvalue weighted by molar-refractivity contribution is -0.139. The first-order chi connectivity index (χ1) is 24.1. The van der Waals surface area contributed by atoms with Crippen LogP contribution in [0.1, 0.15) is 53.9 Å². The van der Waals surface area contributed by atoms with Gasteiger partial charge in [-0.05, 0) is 120 Å². The van der Waals surface area contributed by atoms with Gasteiger partial charge in [0, 0.05) is 17.3 Å². The third-order valence-electron chi connectivity index (χ3n) is 8.91. The van der Waals surface area contributed by atoms with Crippen LogP contribution < -0.4 is 24.2 Å². The molecule has 262 valence electrons. The highest BCUT2D eigenvalue weighted by molar-refractivity contribution is 8.00. The largest absolute Gasteiger partial charge is 0.497 e. The van der Waals surface area contributed by atoms with E-state index in [1.54, 1.807) is 39.5 Å². The number of rotatable bonds is 12. The number of methoxy groups -OCH3 is 3. The molecule has 1 aliphatic carbocycles. The van der Waals surface area contributed by atoms with E-state index in [4.69, 9.17) is 19.9 Å². The normalized spacial score (nSPS) is 16.2. The summed E-state index contributed by atoms with van der Waals surface area (Å²) in [5.74, 6) is 2.14. The fourth-order valence-electron chi connectivity index (χ4n) is 6.15. The molecule has 0 radical (unpaired) electrons. The molecule has 9 nitrogen and oxygen atoms in total. The molecule has 0 aliphatic heterocycles. The summed E-state index contributed by atoms with van der Waals surface area (Å²) in [6, 6.07) is 25.0. The number of aromatic nitrogens is 4. The predicted octanol–water partition coefficient (Wildman–Crippen LogP) is 8.13. The molecule has 1 heterocycles. The second-order valence-corrected chi connectivity index (χ2v) is 13.2. The summed E-state index contributed by atoms with van der Waals surface area (Å²) >= 11 is 1.02. The monoisotopic (exact) mass is 704 g/mol. The van der Waals surface area contributed by atoms with E-state index < -0.39 is 11.7 Å². The number of anilines is 1. The summed E-state index contributed by atoms with van der Waals surface area (Å²) in [4.78, 5) is 1.42. The van der Waals surface area contributed by atoms with Crippen LogP contribution in [0.2, 0.25) is 0 Å². The quantitative estimate of drug-likeness (QED) is 0.129. The lowest BCUT2D eigenvalue weighted by Gasteiger charge is -2.31. The average molecular weight is 705 g/mol. The van der Waals surface area contributed by atoms with Gasteiger partial charge in [0.05, 0.1) is 44.9 Å². The summed E-state index contributed by atoms with van der Waals surface area (Å²) in [6.45, 7) is 0.569. The molecule has 6 rings (SSSR count). The summed E-state index contributed by atoms with van der Waals surface area (Å²) in [5.41, 5.74) is 9.03. The molecule has 1 aliphatic rings. The molecule has 13 heteroatoms. The maximum Gasteiger partial charge on any atom is 0.417 e. The Morgan fingerprint density at radius 2 is 1.34 bits per heavy atom. The molecule has 1 saturated carbocycles. The van der Waals surface area contributed by atoms with E-state index in [2.05, 4.69) is 15.4 Å². The SMILES string of the molecule is COc1ccc(CN(Sc2c(C(F)(F)F)ccc(C3CCC(N)CC3)c2-c2nnn(Cc3ccc(OC)cc3)n2)c2ccc(OC)cc2)cc1. The number of halogens is 3. The standard InChI is InChI=1S/C37H39F3N6O3S/c1-47-29-14-4-24(5-15-29)22-45(28-12-18-31(49-3)19-13-28)50-35-33(37(38,39)40)21-20-32(26-8-10-27(41)11-9-26)34(35)36-42-44-46(43-36)23-25-6-16-30(48-2)17-7-25/h4-7,12-21,26-27H,8-11,22-23,41H2,1-3H3. The minimum atomic E-state index is -4.66. The highest BCUT2D eigenvalue weighted by atomic mass is 32.2. The van der Waals surface area contributed by atoms with Crippen molar-refractivity contribution in [3.8, 4) is 28.6 Å². The number of benzene rings is 4. The summed E-state index contributed by atoms with van der Waals surface area (Å²) in [6.07, 6.45) is -1.61. The van der Waals surface area contributed by atoms with Crippen LogP contribution in [0.25, 0.3) is 11.4 Å². The molecular formula is C37H39F3N6O3S. The Kier molecular flexibility index (Phi) is 10.8. The van der Waals surface area contributed by atoms with Crippen LogP contribution in [0.15, 0.2) is 89.8 Å². The van der Waals surface area contributed by atoms with Crippen LogP contribution in [0.5, 0.6) is 17.2 Å². The number of nitrogens with two attached hydrogens (primary N) is 1. The van der Waals surface area contributed by atoms with Crippen molar-refractivity contribution < 1.29 is 27.4 Å². The fourth-order valence-corrected chi connectivity index (χ4v) is 7.40. The van der Waals surface area contributed by atoms with Gasteiger partial charge >= 0.3 is 6.18 Å². The Hall–Kier alpha value is -4.75. The molecule has 0 bridgehead atoms. The van der Waals surface area contributed by atoms with Crippen molar-refractivity contribution in [2.45, 2.75) is 61.8 Å². The second kappa shape index (κ2) is 15.4. The van der Waals surface area contributed by atoms with Crippen LogP contribution in [-0.2, 0) is 19.3 Å². The smallest absolute Gasteiger partial charge is 0.417 e. The van der Waals surface area contributed by atoms with Crippen LogP contribution in [-0.4, -0.2) is 47.6 Å². The van der Waals surface area contributed by atoms with E-state index in [9.17, 15) is 0 Å². The van der Waals surface area contributed by atoms with Gasteiger partial charge in [-0.15, -0.1) is 10.2 Å². The van der Waals surface area contributed by atoms with Crippen molar-refractivity contribution in [3.05, 3.63) is 107 Å². The van der Waals surface area contributed by atoms with Crippen molar-refractivity contribution in [3.63, 3.8) is 0 Å². The van der Waals surface area contributed by atoms with E-state index in [0.717, 1.165) is 54.3 Å². The molecule has 0 spiro atoms. The van der Waals surface area contributed by atoms with Gasteiger partial charge in [0.2, 0.25) is 5.82 Å². The molecule has 1 fully saturated rings. The first-order valence-corrected chi connectivity index (χ1v) is 17.1. The zero-order valence-corrected chi connectivity index (χ0v) is 28.9. The number of hydrogen-bond acceptors (Lipinski definition) is 9. The van der Waals surface area contributed by atoms with Gasteiger partial charge in [-0.25, -0.2) is 0 Å². The molecule has 0 atom stereocenters. The van der Waals surface area contributed by atoms with Gasteiger partial charge in [0.1, 0.15) is 17.2 Å². The lowest BCUT2D eigenvalue weighted by Crippen LogP contribution is -2.26. The maximum atomic E-state index is 15.0. The van der Waals surface area contributed by atoms with E-state index in [1.807, 2.05) is 65.0 Å². The van der Waals surface area contributed by atoms with Crippen LogP contribution in [0.4, 0.5) is 18.9 Å². The van der Waals surface area contributed by atoms with Gasteiger partial charge in [0.15, 0.2) is 0 Å². The first-order valence-electron chi connectivity index (χ1n) is 16.3. The summed E-state index contributed by atoms with van der Waals surface area (Å²) in [5, 5.41) is 13.4. The third-order valence-corrected chi connectivity index (χ3v) is 10.1. The van der Waals surface area contributed by atoms with Crippen molar-refractivity contribution in [2.24, 2.45) is 5.73 Å². The topological polar surface area (TPSA) is 101 Å². The zero-order valence-electron chi connectivity index (χ0n) is 28.1. The third kappa shape index (κ3) is 8.16. The van der Waals surface area contributed by atoms with Crippen LogP contribution >= 0.6 is 11.9 Å². The average Bonchev–Trinajstić information content (AvgIpc) is 3.59. The lowest BCUT2D eigenvalue weighted by atomic mass is 9.80. The van der Waals surface area contributed by atoms with Gasteiger partial charge in [-0.2, -0.15) is 18.0 Å². The number of alkyl halides is 3. The fraction of sp³-hybridized carbons (Fsp3) is 0.324. The van der Waals surface area contributed by atoms with E-state index in [-0.39, 0.29) is 35.8 Å². The van der Waals surface area contributed by atoms with Crippen molar-refractivity contribution in [1.29, 1.82) is 0 Å². The van der Waals surface area contributed by atoms with Gasteiger partial charge in [-0.3, -0.25) is 0 Å². The summed E-state index contributed by atoms with van der Waals surface area (Å²) < 4.78 is 62.9. The molecule has 0 unspecified atom stereocenters. The summed E-state index contributed by atoms with van der Waals surface area (Å²) in [7, 11) is 4.75. The molecule has 0 amide bonds. The highest BCUT2D eigenvalue weighted by Gasteiger charge is 2.38. The minimum Gasteiger partial charge on any atom is -0.497 e. The Morgan fingerprint density at radius 1 is 0.780 bits per heavy atom. The van der Waals surface area contributed by atoms with Gasteiger partial charge in [0.25, 0.3) is 0 Å². The molecule has 4 aromatic carbocycles. The number of hydrogen-bond donors (Lipinski definition) is 1. The highest BCUT2D eigenvalue weighted by Crippen LogP contribution is 2.48. The van der Waals surface area contributed by atoms with E-state index >= 15 is 13.2 Å². The predicted molar refractivity (Wildman–Crippen MR) is 188 cm³/mol. The number of nitrogens with zero attached hydrogens (tertiary/aromatic N) is 5. The van der Waals surface area contributed by atoms with Crippen LogP contribution in [0.3, 0.4) is 0 Å². The minimum absolute atomic E-state index is 0.0122. The van der Waals surface area contributed by atoms with Crippen LogP contribution in [0, 0.1) is 0 Å². The van der Waals surface area contributed by atoms with E-state index in [1.165, 1.54) is 10.9 Å². The number of tetrazole rings is 1. The van der Waals surface area contributed by atoms with Crippen molar-refractivity contribution in [2.75, 3.05) is 25.6 Å². The molecule has 2 N–H and O–H groups in total. The Bertz CT molecular complexity index is 1860. The van der Waals surface area contributed by atoms with E-state index in [0.29, 0.717) is 28.5 Å². The molecule has 1 aromatic heterocycles. The molecule has 5 aromatic rings. The second-order valence-electron chi connectivity index (χ2n) is 12.2. The Morgan fingerprint density at radius 3 is 1.90 bits per heavy atom. The van der Waals surface area contributed by atoms with Crippen molar-refractivity contribution in [1.82, 2.24) is 20.2 Å². The van der Waals surface area contributed by atoms with Gasteiger partial charge < -0.3 is 24.2 Å². The first kappa shape index (κ1) is 35.1. The molecule has 50 heavy (non-hydrogen) atoms. The van der Waals surface area contributed by atoms with Crippen molar-refractivity contribution >= 4 is 17.6 Å². The Labute approximate surface area is 293 Å². The zero-order chi connectivity index (χ0) is 35.3. The number of ether oxygens (including phenoxy) is 3. The molecule has 0 saturated heterocycles. The maximum absolute atomic E-state index is 15.0. The van der Waals surface area contributed by atoms with Gasteiger partial charge in [-0.1, -0.05) is 30.3 Å².